The molecule has 0 spiro atoms. The molecule has 1 saturated carbocycles. The molecule has 0 aromatic carbocycles. The topological polar surface area (TPSA) is 40.9 Å². The first kappa shape index (κ1) is 10.2. The highest BCUT2D eigenvalue weighted by molar-refractivity contribution is 5.88. The van der Waals surface area contributed by atoms with Crippen LogP contribution in [0.5, 0.6) is 0 Å². The Balaban J connectivity index is 2.27. The van der Waals surface area contributed by atoms with Gasteiger partial charge in [0.05, 0.1) is 12.0 Å². The Labute approximate surface area is 84.4 Å². The van der Waals surface area contributed by atoms with Crippen molar-refractivity contribution in [2.45, 2.75) is 12.6 Å². The van der Waals surface area contributed by atoms with E-state index in [0.29, 0.717) is 6.42 Å². The predicted octanol–water partition coefficient (Wildman–Crippen LogP) is 2.08. The number of Topliss-reactive ketones (excluding diaryl/α,β-unsaturated/α-hetero) is 1. The van der Waals surface area contributed by atoms with E-state index in [0.717, 1.165) is 0 Å². The van der Waals surface area contributed by atoms with Crippen molar-refractivity contribution in [1.29, 1.82) is 5.26 Å². The van der Waals surface area contributed by atoms with E-state index in [1.54, 1.807) is 12.2 Å². The second-order valence-electron chi connectivity index (χ2n) is 3.99. The molecule has 2 nitrogen and oxygen atoms in total. The molecule has 0 amide bonds. The molecular formula is C10H8F3NO. The van der Waals surface area contributed by atoms with Crippen LogP contribution < -0.4 is 0 Å². The minimum absolute atomic E-state index is 0.170. The van der Waals surface area contributed by atoms with Gasteiger partial charge in [-0.1, -0.05) is 12.2 Å². The van der Waals surface area contributed by atoms with Crippen molar-refractivity contribution in [2.75, 3.05) is 0 Å². The van der Waals surface area contributed by atoms with Crippen molar-refractivity contribution in [3.05, 3.63) is 12.2 Å². The van der Waals surface area contributed by atoms with E-state index in [2.05, 4.69) is 0 Å². The first-order valence-corrected chi connectivity index (χ1v) is 4.64. The molecule has 0 radical (unpaired) electrons. The number of carbonyl (C=O) groups is 1. The van der Waals surface area contributed by atoms with Crippen LogP contribution in [0, 0.1) is 35.0 Å². The van der Waals surface area contributed by atoms with Gasteiger partial charge in [0.1, 0.15) is 0 Å². The maximum atomic E-state index is 12.3. The Morgan fingerprint density at radius 3 is 2.47 bits per heavy atom. The van der Waals surface area contributed by atoms with E-state index < -0.39 is 29.7 Å². The van der Waals surface area contributed by atoms with Crippen LogP contribution in [0.15, 0.2) is 12.2 Å². The minimum Gasteiger partial charge on any atom is -0.289 e. The van der Waals surface area contributed by atoms with Gasteiger partial charge in [-0.3, -0.25) is 4.79 Å². The van der Waals surface area contributed by atoms with Crippen LogP contribution in [0.2, 0.25) is 0 Å². The number of fused-ring (bicyclic) bond motifs is 2. The SMILES string of the molecule is N#C[C@@H]1[C@@H](C(=O)C(F)(F)F)[C@H]2C=C[C@@H]1C2. The summed E-state index contributed by atoms with van der Waals surface area (Å²) in [6.45, 7) is 0. The van der Waals surface area contributed by atoms with Gasteiger partial charge in [-0.25, -0.2) is 0 Å². The Bertz CT molecular complexity index is 366. The summed E-state index contributed by atoms with van der Waals surface area (Å²) in [5.41, 5.74) is 0. The highest BCUT2D eigenvalue weighted by Crippen LogP contribution is 2.49. The second-order valence-corrected chi connectivity index (χ2v) is 3.99. The highest BCUT2D eigenvalue weighted by Gasteiger charge is 2.55. The van der Waals surface area contributed by atoms with E-state index in [1.165, 1.54) is 0 Å². The Hall–Kier alpha value is -1.31. The number of hydrogen-bond acceptors (Lipinski definition) is 2. The first-order chi connectivity index (χ1) is 6.95. The van der Waals surface area contributed by atoms with Crippen LogP contribution >= 0.6 is 0 Å². The van der Waals surface area contributed by atoms with Gasteiger partial charge in [0.15, 0.2) is 0 Å². The van der Waals surface area contributed by atoms with E-state index in [1.807, 2.05) is 6.07 Å². The van der Waals surface area contributed by atoms with Crippen LogP contribution in [-0.4, -0.2) is 12.0 Å². The molecule has 80 valence electrons. The van der Waals surface area contributed by atoms with Crippen LogP contribution in [0.1, 0.15) is 6.42 Å². The highest BCUT2D eigenvalue weighted by atomic mass is 19.4. The zero-order chi connectivity index (χ0) is 11.2. The molecule has 15 heavy (non-hydrogen) atoms. The van der Waals surface area contributed by atoms with Crippen molar-refractivity contribution in [1.82, 2.24) is 0 Å². The van der Waals surface area contributed by atoms with Crippen molar-refractivity contribution in [3.8, 4) is 6.07 Å². The van der Waals surface area contributed by atoms with Gasteiger partial charge in [-0.05, 0) is 18.3 Å². The number of ketones is 1. The molecule has 5 heteroatoms. The van der Waals surface area contributed by atoms with Crippen LogP contribution in [0.25, 0.3) is 0 Å². The lowest BCUT2D eigenvalue weighted by molar-refractivity contribution is -0.177. The lowest BCUT2D eigenvalue weighted by Crippen LogP contribution is -2.36. The predicted molar refractivity (Wildman–Crippen MR) is 44.4 cm³/mol. The van der Waals surface area contributed by atoms with Crippen LogP contribution in [-0.2, 0) is 4.79 Å². The Morgan fingerprint density at radius 1 is 1.33 bits per heavy atom. The van der Waals surface area contributed by atoms with E-state index in [9.17, 15) is 18.0 Å². The van der Waals surface area contributed by atoms with Crippen LogP contribution in [0.4, 0.5) is 13.2 Å². The maximum Gasteiger partial charge on any atom is 0.450 e. The molecule has 0 aromatic heterocycles. The normalized spacial score (nSPS) is 38.0. The van der Waals surface area contributed by atoms with E-state index in [4.69, 9.17) is 5.26 Å². The summed E-state index contributed by atoms with van der Waals surface area (Å²) in [6.07, 6.45) is -0.936. The fraction of sp³-hybridized carbons (Fsp3) is 0.600. The summed E-state index contributed by atoms with van der Waals surface area (Å²) in [5.74, 6) is -4.28. The number of halogens is 3. The van der Waals surface area contributed by atoms with Gasteiger partial charge in [-0.15, -0.1) is 0 Å². The fourth-order valence-corrected chi connectivity index (χ4v) is 2.54. The van der Waals surface area contributed by atoms with Gasteiger partial charge < -0.3 is 0 Å². The molecule has 0 aromatic rings. The molecule has 2 bridgehead atoms. The maximum absolute atomic E-state index is 12.3. The molecule has 0 heterocycles. The van der Waals surface area contributed by atoms with Gasteiger partial charge in [0, 0.05) is 5.92 Å². The molecular weight excluding hydrogens is 207 g/mol. The number of rotatable bonds is 1. The first-order valence-electron chi connectivity index (χ1n) is 4.64. The zero-order valence-corrected chi connectivity index (χ0v) is 7.66. The lowest BCUT2D eigenvalue weighted by Gasteiger charge is -2.22. The Morgan fingerprint density at radius 2 is 1.93 bits per heavy atom. The number of hydrogen-bond donors (Lipinski definition) is 0. The lowest BCUT2D eigenvalue weighted by atomic mass is 9.81. The number of nitriles is 1. The summed E-state index contributed by atoms with van der Waals surface area (Å²) < 4.78 is 36.8. The fourth-order valence-electron chi connectivity index (χ4n) is 2.54. The van der Waals surface area contributed by atoms with Gasteiger partial charge in [-0.2, -0.15) is 18.4 Å². The summed E-state index contributed by atoms with van der Waals surface area (Å²) in [4.78, 5) is 11.1. The summed E-state index contributed by atoms with van der Waals surface area (Å²) >= 11 is 0. The number of nitrogens with zero attached hydrogens (tertiary/aromatic N) is 1. The third kappa shape index (κ3) is 1.44. The summed E-state index contributed by atoms with van der Waals surface area (Å²) in [7, 11) is 0. The van der Waals surface area contributed by atoms with Crippen LogP contribution in [0.3, 0.4) is 0 Å². The molecule has 4 atom stereocenters. The molecule has 2 aliphatic carbocycles. The second kappa shape index (κ2) is 3.09. The monoisotopic (exact) mass is 215 g/mol. The average Bonchev–Trinajstić information content (AvgIpc) is 2.73. The number of allylic oxidation sites excluding steroid dienone is 2. The average molecular weight is 215 g/mol. The van der Waals surface area contributed by atoms with Crippen molar-refractivity contribution in [2.24, 2.45) is 23.7 Å². The quantitative estimate of drug-likeness (QED) is 0.628. The molecule has 0 aliphatic heterocycles. The summed E-state index contributed by atoms with van der Waals surface area (Å²) in [6, 6.07) is 1.83. The molecule has 0 unspecified atom stereocenters. The summed E-state index contributed by atoms with van der Waals surface area (Å²) in [5, 5.41) is 8.77. The van der Waals surface area contributed by atoms with Crippen molar-refractivity contribution < 1.29 is 18.0 Å². The molecule has 0 saturated heterocycles. The molecule has 0 N–H and O–H groups in total. The molecule has 2 aliphatic rings. The largest absolute Gasteiger partial charge is 0.450 e. The zero-order valence-electron chi connectivity index (χ0n) is 7.66. The van der Waals surface area contributed by atoms with Crippen molar-refractivity contribution in [3.63, 3.8) is 0 Å². The third-order valence-electron chi connectivity index (χ3n) is 3.19. The van der Waals surface area contributed by atoms with Gasteiger partial charge >= 0.3 is 6.18 Å². The van der Waals surface area contributed by atoms with Gasteiger partial charge in [0.25, 0.3) is 0 Å². The van der Waals surface area contributed by atoms with Gasteiger partial charge in [0.2, 0.25) is 5.78 Å². The smallest absolute Gasteiger partial charge is 0.289 e. The van der Waals surface area contributed by atoms with E-state index >= 15 is 0 Å². The number of alkyl halides is 3. The standard InChI is InChI=1S/C10H8F3NO/c11-10(12,13)9(15)8-6-2-1-5(3-6)7(8)4-14/h1-2,5-8H,3H2/t5-,6+,7+,8+/m1/s1. The molecule has 2 rings (SSSR count). The van der Waals surface area contributed by atoms with E-state index in [-0.39, 0.29) is 5.92 Å². The van der Waals surface area contributed by atoms with Crippen molar-refractivity contribution >= 4 is 5.78 Å². The minimum atomic E-state index is -4.82. The Kier molecular flexibility index (Phi) is 2.10. The third-order valence-corrected chi connectivity index (χ3v) is 3.19. The molecule has 1 fully saturated rings. The number of carbonyl (C=O) groups excluding carboxylic acids is 1.